The van der Waals surface area contributed by atoms with Crippen LogP contribution in [0.15, 0.2) is 42.5 Å². The second kappa shape index (κ2) is 5.90. The molecular weight excluding hydrogens is 284 g/mol. The van der Waals surface area contributed by atoms with Crippen LogP contribution in [0.5, 0.6) is 5.75 Å². The maximum Gasteiger partial charge on any atom is 0.203 e. The second-order valence-corrected chi connectivity index (χ2v) is 5.86. The molecule has 0 saturated carbocycles. The van der Waals surface area contributed by atoms with E-state index in [0.29, 0.717) is 10.6 Å². The van der Waals surface area contributed by atoms with Crippen LogP contribution >= 0.6 is 11.6 Å². The van der Waals surface area contributed by atoms with Crippen molar-refractivity contribution in [1.82, 2.24) is 0 Å². The molecule has 0 aromatic heterocycles. The number of hydrogen-bond acceptors (Lipinski definition) is 2. The molecule has 1 atom stereocenters. The average Bonchev–Trinajstić information content (AvgIpc) is 2.94. The van der Waals surface area contributed by atoms with E-state index in [2.05, 4.69) is 12.1 Å². The van der Waals surface area contributed by atoms with Gasteiger partial charge >= 0.3 is 0 Å². The van der Waals surface area contributed by atoms with Crippen molar-refractivity contribution >= 4 is 17.4 Å². The molecule has 108 valence electrons. The Morgan fingerprint density at radius 1 is 1.14 bits per heavy atom. The number of ether oxygens (including phenoxy) is 1. The summed E-state index contributed by atoms with van der Waals surface area (Å²) in [7, 11) is 0. The van der Waals surface area contributed by atoms with Crippen LogP contribution in [0, 0.1) is 0 Å². The number of halogens is 1. The van der Waals surface area contributed by atoms with E-state index < -0.39 is 6.10 Å². The zero-order chi connectivity index (χ0) is 14.8. The molecule has 2 aromatic carbocycles. The summed E-state index contributed by atoms with van der Waals surface area (Å²) in [6.45, 7) is 1.77. The molecule has 2 aromatic rings. The van der Waals surface area contributed by atoms with E-state index in [1.54, 1.807) is 31.2 Å². The zero-order valence-corrected chi connectivity index (χ0v) is 12.7. The normalized spacial score (nSPS) is 14.6. The number of fused-ring (bicyclic) bond motifs is 1. The first-order valence-corrected chi connectivity index (χ1v) is 7.59. The Morgan fingerprint density at radius 2 is 1.95 bits per heavy atom. The first-order chi connectivity index (χ1) is 10.1. The number of carbonyl (C=O) groups excluding carboxylic acids is 1. The van der Waals surface area contributed by atoms with E-state index in [1.807, 2.05) is 6.07 Å². The van der Waals surface area contributed by atoms with Crippen molar-refractivity contribution in [3.05, 3.63) is 64.2 Å². The van der Waals surface area contributed by atoms with Crippen LogP contribution in [0.2, 0.25) is 5.02 Å². The van der Waals surface area contributed by atoms with Gasteiger partial charge in [-0.05, 0) is 61.6 Å². The standard InChI is InChI=1S/C18H17ClO2/c1-12(18(20)15-6-3-7-16(19)10-15)21-17-9-8-13-4-2-5-14(13)11-17/h3,6-12H,2,4-5H2,1H3. The number of aryl methyl sites for hydroxylation is 2. The maximum atomic E-state index is 12.4. The Morgan fingerprint density at radius 3 is 2.76 bits per heavy atom. The number of benzene rings is 2. The molecule has 3 rings (SSSR count). The first kappa shape index (κ1) is 14.2. The van der Waals surface area contributed by atoms with Gasteiger partial charge in [-0.1, -0.05) is 29.8 Å². The highest BCUT2D eigenvalue weighted by atomic mass is 35.5. The number of hydrogen-bond donors (Lipinski definition) is 0. The summed E-state index contributed by atoms with van der Waals surface area (Å²) in [4.78, 5) is 12.4. The lowest BCUT2D eigenvalue weighted by molar-refractivity contribution is 0.0818. The smallest absolute Gasteiger partial charge is 0.203 e. The van der Waals surface area contributed by atoms with Crippen LogP contribution in [0.1, 0.15) is 34.8 Å². The van der Waals surface area contributed by atoms with Gasteiger partial charge in [0.2, 0.25) is 5.78 Å². The average molecular weight is 301 g/mol. The number of rotatable bonds is 4. The summed E-state index contributed by atoms with van der Waals surface area (Å²) < 4.78 is 5.80. The van der Waals surface area contributed by atoms with Crippen LogP contribution in [0.4, 0.5) is 0 Å². The van der Waals surface area contributed by atoms with Gasteiger partial charge in [-0.25, -0.2) is 0 Å². The number of Topliss-reactive ketones (excluding diaryl/α,β-unsaturated/α-hetero) is 1. The van der Waals surface area contributed by atoms with Gasteiger partial charge in [0.05, 0.1) is 0 Å². The van der Waals surface area contributed by atoms with Crippen LogP contribution in [0.3, 0.4) is 0 Å². The lowest BCUT2D eigenvalue weighted by atomic mass is 10.1. The minimum absolute atomic E-state index is 0.0574. The molecule has 1 unspecified atom stereocenters. The predicted molar refractivity (Wildman–Crippen MR) is 84.3 cm³/mol. The third-order valence-electron chi connectivity index (χ3n) is 3.86. The van der Waals surface area contributed by atoms with Gasteiger partial charge in [0.1, 0.15) is 5.75 Å². The topological polar surface area (TPSA) is 26.3 Å². The van der Waals surface area contributed by atoms with E-state index in [4.69, 9.17) is 16.3 Å². The summed E-state index contributed by atoms with van der Waals surface area (Å²) in [5.74, 6) is 0.705. The Balaban J connectivity index is 1.74. The molecule has 21 heavy (non-hydrogen) atoms. The molecule has 2 nitrogen and oxygen atoms in total. The fourth-order valence-corrected chi connectivity index (χ4v) is 2.95. The molecule has 0 radical (unpaired) electrons. The third kappa shape index (κ3) is 3.11. The van der Waals surface area contributed by atoms with Gasteiger partial charge in [0.15, 0.2) is 6.10 Å². The summed E-state index contributed by atoms with van der Waals surface area (Å²) in [5.41, 5.74) is 3.32. The van der Waals surface area contributed by atoms with Gasteiger partial charge < -0.3 is 4.74 Å². The lowest BCUT2D eigenvalue weighted by Crippen LogP contribution is -2.23. The highest BCUT2D eigenvalue weighted by Crippen LogP contribution is 2.27. The number of carbonyl (C=O) groups is 1. The van der Waals surface area contributed by atoms with E-state index >= 15 is 0 Å². The molecule has 0 aliphatic heterocycles. The van der Waals surface area contributed by atoms with Crippen molar-refractivity contribution < 1.29 is 9.53 Å². The zero-order valence-electron chi connectivity index (χ0n) is 11.9. The lowest BCUT2D eigenvalue weighted by Gasteiger charge is -2.15. The Hall–Kier alpha value is -1.80. The summed E-state index contributed by atoms with van der Waals surface area (Å²) in [5, 5.41) is 0.561. The van der Waals surface area contributed by atoms with Gasteiger partial charge in [-0.2, -0.15) is 0 Å². The molecule has 0 fully saturated rings. The fraction of sp³-hybridized carbons (Fsp3) is 0.278. The molecule has 3 heteroatoms. The summed E-state index contributed by atoms with van der Waals surface area (Å²) >= 11 is 5.92. The van der Waals surface area contributed by atoms with E-state index in [1.165, 1.54) is 17.5 Å². The van der Waals surface area contributed by atoms with Crippen LogP contribution < -0.4 is 4.74 Å². The number of ketones is 1. The Labute approximate surface area is 129 Å². The van der Waals surface area contributed by atoms with Crippen LogP contribution in [-0.2, 0) is 12.8 Å². The van der Waals surface area contributed by atoms with Gasteiger partial charge in [-0.15, -0.1) is 0 Å². The molecule has 0 saturated heterocycles. The van der Waals surface area contributed by atoms with Crippen LogP contribution in [0.25, 0.3) is 0 Å². The quantitative estimate of drug-likeness (QED) is 0.778. The van der Waals surface area contributed by atoms with Crippen LogP contribution in [-0.4, -0.2) is 11.9 Å². The van der Waals surface area contributed by atoms with Crippen molar-refractivity contribution in [2.75, 3.05) is 0 Å². The Kier molecular flexibility index (Phi) is 3.98. The highest BCUT2D eigenvalue weighted by Gasteiger charge is 2.18. The summed E-state index contributed by atoms with van der Waals surface area (Å²) in [6.07, 6.45) is 2.92. The molecule has 1 aliphatic rings. The molecule has 0 heterocycles. The van der Waals surface area contributed by atoms with E-state index in [0.717, 1.165) is 18.6 Å². The van der Waals surface area contributed by atoms with Gasteiger partial charge in [0, 0.05) is 10.6 Å². The van der Waals surface area contributed by atoms with Crippen molar-refractivity contribution in [2.24, 2.45) is 0 Å². The Bertz CT molecular complexity index is 679. The predicted octanol–water partition coefficient (Wildman–Crippen LogP) is 4.48. The minimum Gasteiger partial charge on any atom is -0.483 e. The summed E-state index contributed by atoms with van der Waals surface area (Å²) in [6, 6.07) is 13.1. The molecule has 1 aliphatic carbocycles. The molecule has 0 bridgehead atoms. The maximum absolute atomic E-state index is 12.4. The monoisotopic (exact) mass is 300 g/mol. The van der Waals surface area contributed by atoms with Crippen molar-refractivity contribution in [3.63, 3.8) is 0 Å². The SMILES string of the molecule is CC(Oc1ccc2c(c1)CCC2)C(=O)c1cccc(Cl)c1. The van der Waals surface area contributed by atoms with E-state index in [9.17, 15) is 4.79 Å². The fourth-order valence-electron chi connectivity index (χ4n) is 2.76. The molecule has 0 N–H and O–H groups in total. The third-order valence-corrected chi connectivity index (χ3v) is 4.10. The molecule has 0 amide bonds. The molecule has 0 spiro atoms. The van der Waals surface area contributed by atoms with Crippen molar-refractivity contribution in [1.29, 1.82) is 0 Å². The highest BCUT2D eigenvalue weighted by molar-refractivity contribution is 6.31. The van der Waals surface area contributed by atoms with Gasteiger partial charge in [-0.3, -0.25) is 4.79 Å². The first-order valence-electron chi connectivity index (χ1n) is 7.22. The van der Waals surface area contributed by atoms with Crippen molar-refractivity contribution in [2.45, 2.75) is 32.3 Å². The second-order valence-electron chi connectivity index (χ2n) is 5.42. The molecular formula is C18H17ClO2. The van der Waals surface area contributed by atoms with Gasteiger partial charge in [0.25, 0.3) is 0 Å². The largest absolute Gasteiger partial charge is 0.483 e. The van der Waals surface area contributed by atoms with E-state index in [-0.39, 0.29) is 5.78 Å². The van der Waals surface area contributed by atoms with Crippen molar-refractivity contribution in [3.8, 4) is 5.75 Å². The minimum atomic E-state index is -0.525.